The topological polar surface area (TPSA) is 93.4 Å². The summed E-state index contributed by atoms with van der Waals surface area (Å²) >= 11 is 0. The highest BCUT2D eigenvalue weighted by Crippen LogP contribution is 2.36. The lowest BCUT2D eigenvalue weighted by Crippen LogP contribution is -2.49. The Morgan fingerprint density at radius 3 is 2.75 bits per heavy atom. The Bertz CT molecular complexity index is 1220. The molecule has 2 aromatic carbocycles. The van der Waals surface area contributed by atoms with Crippen molar-refractivity contribution in [3.63, 3.8) is 0 Å². The van der Waals surface area contributed by atoms with Gasteiger partial charge in [0.2, 0.25) is 0 Å². The van der Waals surface area contributed by atoms with E-state index in [4.69, 9.17) is 9.47 Å². The molecular formula is C25H23N3O4. The number of ether oxygens (including phenoxy) is 2. The molecule has 1 aliphatic heterocycles. The number of amides is 1. The van der Waals surface area contributed by atoms with Crippen molar-refractivity contribution >= 4 is 6.09 Å². The van der Waals surface area contributed by atoms with Gasteiger partial charge in [-0.3, -0.25) is 9.36 Å². The minimum atomic E-state index is -0.785. The Morgan fingerprint density at radius 2 is 2.00 bits per heavy atom. The third kappa shape index (κ3) is 4.71. The SMILES string of the molecule is CC1(CNC(=O)OCc2ccccc2)Cc2ccc(C#N)cc2C(n2ccccc2=O)O1. The summed E-state index contributed by atoms with van der Waals surface area (Å²) in [5, 5.41) is 12.1. The van der Waals surface area contributed by atoms with Crippen molar-refractivity contribution in [2.24, 2.45) is 0 Å². The number of nitrogens with one attached hydrogen (secondary N) is 1. The van der Waals surface area contributed by atoms with Crippen molar-refractivity contribution in [1.82, 2.24) is 9.88 Å². The molecule has 2 atom stereocenters. The monoisotopic (exact) mass is 429 g/mol. The highest BCUT2D eigenvalue weighted by Gasteiger charge is 2.38. The first-order chi connectivity index (χ1) is 15.5. The number of carbonyl (C=O) groups is 1. The number of alkyl carbamates (subject to hydrolysis) is 1. The molecule has 32 heavy (non-hydrogen) atoms. The molecule has 1 amide bonds. The van der Waals surface area contributed by atoms with Crippen molar-refractivity contribution in [3.8, 4) is 6.07 Å². The number of nitriles is 1. The van der Waals surface area contributed by atoms with Gasteiger partial charge in [0.1, 0.15) is 6.61 Å². The number of carbonyl (C=O) groups excluding carboxylic acids is 1. The standard InChI is InChI=1S/C25H23N3O4/c1-25(17-27-24(30)31-16-18-7-3-2-4-8-18)14-20-11-10-19(15-26)13-21(20)23(32-25)28-12-6-5-9-22(28)29/h2-13,23H,14,16-17H2,1H3,(H,27,30). The van der Waals surface area contributed by atoms with Crippen LogP contribution in [0.15, 0.2) is 77.7 Å². The zero-order valence-electron chi connectivity index (χ0n) is 17.7. The second-order valence-corrected chi connectivity index (χ2v) is 7.98. The highest BCUT2D eigenvalue weighted by molar-refractivity contribution is 5.67. The largest absolute Gasteiger partial charge is 0.445 e. The Labute approximate surface area is 185 Å². The van der Waals surface area contributed by atoms with E-state index in [0.717, 1.165) is 16.7 Å². The van der Waals surface area contributed by atoms with Gasteiger partial charge in [-0.05, 0) is 36.2 Å². The second kappa shape index (κ2) is 9.08. The number of benzene rings is 2. The molecule has 1 aliphatic rings. The maximum atomic E-state index is 12.5. The molecule has 0 saturated carbocycles. The molecule has 3 aromatic rings. The van der Waals surface area contributed by atoms with E-state index in [2.05, 4.69) is 11.4 Å². The number of hydrogen-bond donors (Lipinski definition) is 1. The van der Waals surface area contributed by atoms with Crippen LogP contribution < -0.4 is 10.9 Å². The highest BCUT2D eigenvalue weighted by atomic mass is 16.6. The van der Waals surface area contributed by atoms with Gasteiger partial charge in [-0.25, -0.2) is 4.79 Å². The molecule has 0 bridgehead atoms. The molecule has 162 valence electrons. The van der Waals surface area contributed by atoms with Gasteiger partial charge in [-0.1, -0.05) is 42.5 Å². The van der Waals surface area contributed by atoms with Gasteiger partial charge in [0.25, 0.3) is 5.56 Å². The molecule has 2 unspecified atom stereocenters. The first-order valence-electron chi connectivity index (χ1n) is 10.3. The predicted molar refractivity (Wildman–Crippen MR) is 118 cm³/mol. The summed E-state index contributed by atoms with van der Waals surface area (Å²) in [5.41, 5.74) is 2.11. The first kappa shape index (κ1) is 21.3. The summed E-state index contributed by atoms with van der Waals surface area (Å²) in [6.45, 7) is 2.25. The van der Waals surface area contributed by atoms with Crippen molar-refractivity contribution in [1.29, 1.82) is 5.26 Å². The van der Waals surface area contributed by atoms with Crippen LogP contribution in [-0.4, -0.2) is 22.8 Å². The van der Waals surface area contributed by atoms with E-state index in [-0.39, 0.29) is 18.7 Å². The van der Waals surface area contributed by atoms with Gasteiger partial charge in [0, 0.05) is 24.2 Å². The normalized spacial score (nSPS) is 19.4. The number of rotatable bonds is 5. The number of hydrogen-bond acceptors (Lipinski definition) is 5. The van der Waals surface area contributed by atoms with Crippen LogP contribution in [-0.2, 0) is 22.5 Å². The summed E-state index contributed by atoms with van der Waals surface area (Å²) in [7, 11) is 0. The molecule has 7 nitrogen and oxygen atoms in total. The van der Waals surface area contributed by atoms with Crippen LogP contribution >= 0.6 is 0 Å². The van der Waals surface area contributed by atoms with Crippen molar-refractivity contribution < 1.29 is 14.3 Å². The van der Waals surface area contributed by atoms with Crippen LogP contribution in [0.25, 0.3) is 0 Å². The lowest BCUT2D eigenvalue weighted by atomic mass is 9.88. The van der Waals surface area contributed by atoms with Crippen molar-refractivity contribution in [3.05, 3.63) is 106 Å². The maximum Gasteiger partial charge on any atom is 0.407 e. The first-order valence-corrected chi connectivity index (χ1v) is 10.3. The van der Waals surface area contributed by atoms with Gasteiger partial charge in [-0.15, -0.1) is 0 Å². The van der Waals surface area contributed by atoms with E-state index in [1.54, 1.807) is 30.5 Å². The van der Waals surface area contributed by atoms with Crippen LogP contribution in [0.3, 0.4) is 0 Å². The summed E-state index contributed by atoms with van der Waals surface area (Å²) in [6.07, 6.45) is 0.902. The smallest absolute Gasteiger partial charge is 0.407 e. The molecule has 0 saturated heterocycles. The lowest BCUT2D eigenvalue weighted by molar-refractivity contribution is -0.107. The van der Waals surface area contributed by atoms with Gasteiger partial charge < -0.3 is 14.8 Å². The molecule has 1 aromatic heterocycles. The maximum absolute atomic E-state index is 12.5. The van der Waals surface area contributed by atoms with E-state index < -0.39 is 17.9 Å². The van der Waals surface area contributed by atoms with Gasteiger partial charge in [0.05, 0.1) is 23.8 Å². The van der Waals surface area contributed by atoms with Crippen LogP contribution in [0.1, 0.15) is 35.4 Å². The Hall–Kier alpha value is -3.89. The zero-order valence-corrected chi connectivity index (χ0v) is 17.7. The molecule has 0 fully saturated rings. The Morgan fingerprint density at radius 1 is 1.22 bits per heavy atom. The van der Waals surface area contributed by atoms with Gasteiger partial charge in [0.15, 0.2) is 6.23 Å². The molecule has 0 spiro atoms. The van der Waals surface area contributed by atoms with Crippen LogP contribution in [0.2, 0.25) is 0 Å². The van der Waals surface area contributed by atoms with E-state index in [1.165, 1.54) is 10.6 Å². The van der Waals surface area contributed by atoms with Crippen molar-refractivity contribution in [2.75, 3.05) is 6.54 Å². The molecule has 7 heteroatoms. The van der Waals surface area contributed by atoms with E-state index in [1.807, 2.05) is 43.3 Å². The quantitative estimate of drug-likeness (QED) is 0.670. The summed E-state index contributed by atoms with van der Waals surface area (Å²) in [5.74, 6) is 0. The fourth-order valence-electron chi connectivity index (χ4n) is 3.81. The summed E-state index contributed by atoms with van der Waals surface area (Å²) < 4.78 is 13.2. The second-order valence-electron chi connectivity index (χ2n) is 7.98. The fraction of sp³-hybridized carbons (Fsp3) is 0.240. The molecule has 4 rings (SSSR count). The number of pyridine rings is 1. The number of aromatic nitrogens is 1. The minimum Gasteiger partial charge on any atom is -0.445 e. The Balaban J connectivity index is 1.53. The average molecular weight is 429 g/mol. The van der Waals surface area contributed by atoms with Gasteiger partial charge >= 0.3 is 6.09 Å². The average Bonchev–Trinajstić information content (AvgIpc) is 2.82. The summed E-state index contributed by atoms with van der Waals surface area (Å²) in [4.78, 5) is 24.8. The molecular weight excluding hydrogens is 406 g/mol. The number of nitrogens with zero attached hydrogens (tertiary/aromatic N) is 2. The van der Waals surface area contributed by atoms with E-state index in [0.29, 0.717) is 12.0 Å². The van der Waals surface area contributed by atoms with Crippen LogP contribution in [0, 0.1) is 11.3 Å². The lowest BCUT2D eigenvalue weighted by Gasteiger charge is -2.40. The van der Waals surface area contributed by atoms with Crippen LogP contribution in [0.4, 0.5) is 4.79 Å². The number of fused-ring (bicyclic) bond motifs is 1. The fourth-order valence-corrected chi connectivity index (χ4v) is 3.81. The third-order valence-corrected chi connectivity index (χ3v) is 5.42. The van der Waals surface area contributed by atoms with E-state index in [9.17, 15) is 14.9 Å². The molecule has 0 aliphatic carbocycles. The predicted octanol–water partition coefficient (Wildman–Crippen LogP) is 3.52. The Kier molecular flexibility index (Phi) is 6.06. The summed E-state index contributed by atoms with van der Waals surface area (Å²) in [6, 6.07) is 21.8. The van der Waals surface area contributed by atoms with Gasteiger partial charge in [-0.2, -0.15) is 5.26 Å². The molecule has 0 radical (unpaired) electrons. The molecule has 1 N–H and O–H groups in total. The van der Waals surface area contributed by atoms with E-state index >= 15 is 0 Å². The van der Waals surface area contributed by atoms with Crippen LogP contribution in [0.5, 0.6) is 0 Å². The third-order valence-electron chi connectivity index (χ3n) is 5.42. The zero-order chi connectivity index (χ0) is 22.6. The minimum absolute atomic E-state index is 0.173. The van der Waals surface area contributed by atoms with Crippen molar-refractivity contribution in [2.45, 2.75) is 31.8 Å². The molecule has 2 heterocycles.